The summed E-state index contributed by atoms with van der Waals surface area (Å²) >= 11 is 0. The van der Waals surface area contributed by atoms with Crippen LogP contribution in [0.15, 0.2) is 97.1 Å². The second kappa shape index (κ2) is 6.97. The lowest BCUT2D eigenvalue weighted by molar-refractivity contribution is 0.0363. The van der Waals surface area contributed by atoms with Gasteiger partial charge in [-0.1, -0.05) is 97.1 Å². The number of rotatable bonds is 3. The second-order valence-electron chi connectivity index (χ2n) is 9.49. The molecule has 3 nitrogen and oxygen atoms in total. The summed E-state index contributed by atoms with van der Waals surface area (Å²) in [5.74, 6) is -0.0913. The Morgan fingerprint density at radius 2 is 1.48 bits per heavy atom. The molecule has 0 aromatic heterocycles. The van der Waals surface area contributed by atoms with Gasteiger partial charge in [0.05, 0.1) is 5.41 Å². The second-order valence-corrected chi connectivity index (χ2v) is 9.49. The van der Waals surface area contributed by atoms with Crippen LogP contribution in [0, 0.1) is 5.41 Å². The van der Waals surface area contributed by atoms with E-state index in [2.05, 4.69) is 35.2 Å². The molecule has 2 aliphatic rings. The van der Waals surface area contributed by atoms with Crippen LogP contribution in [0.3, 0.4) is 0 Å². The smallest absolute Gasteiger partial charge is 0.189 e. The summed E-state index contributed by atoms with van der Waals surface area (Å²) in [6, 6.07) is 31.7. The molecule has 4 aromatic carbocycles. The topological polar surface area (TPSA) is 37.4 Å². The van der Waals surface area contributed by atoms with Crippen molar-refractivity contribution < 1.29 is 9.59 Å². The van der Waals surface area contributed by atoms with Gasteiger partial charge in [-0.05, 0) is 35.9 Å². The number of ketones is 2. The molecule has 0 unspecified atom stereocenters. The summed E-state index contributed by atoms with van der Waals surface area (Å²) in [5, 5.41) is 2.03. The number of nitrogens with zero attached hydrogens (tertiary/aromatic N) is 1. The van der Waals surface area contributed by atoms with Gasteiger partial charge < -0.3 is 0 Å². The SMILES string of the molecule is CN1C[C@H](c2ccccc2)[C@](C)(C(=O)c2ccccc2)[C@@]12C(=O)c1cccc3cccc2c13. The third-order valence-corrected chi connectivity index (χ3v) is 8.05. The van der Waals surface area contributed by atoms with Crippen molar-refractivity contribution >= 4 is 22.3 Å². The average molecular weight is 432 g/mol. The molecular weight excluding hydrogens is 406 g/mol. The molecule has 0 amide bonds. The van der Waals surface area contributed by atoms with Crippen molar-refractivity contribution in [2.24, 2.45) is 5.41 Å². The maximum Gasteiger partial charge on any atom is 0.189 e. The predicted octanol–water partition coefficient (Wildman–Crippen LogP) is 5.85. The Hall–Kier alpha value is -3.56. The first-order chi connectivity index (χ1) is 16.0. The fourth-order valence-electron chi connectivity index (χ4n) is 6.62. The number of hydrogen-bond acceptors (Lipinski definition) is 3. The number of carbonyl (C=O) groups excluding carboxylic acids is 2. The van der Waals surface area contributed by atoms with Crippen molar-refractivity contribution in [2.45, 2.75) is 18.4 Å². The molecule has 33 heavy (non-hydrogen) atoms. The first kappa shape index (κ1) is 20.1. The van der Waals surface area contributed by atoms with Crippen LogP contribution in [0.4, 0.5) is 0 Å². The Balaban J connectivity index is 1.69. The van der Waals surface area contributed by atoms with Crippen molar-refractivity contribution in [3.05, 3.63) is 119 Å². The van der Waals surface area contributed by atoms with Crippen molar-refractivity contribution in [3.63, 3.8) is 0 Å². The van der Waals surface area contributed by atoms with Gasteiger partial charge in [-0.3, -0.25) is 14.5 Å². The first-order valence-electron chi connectivity index (χ1n) is 11.4. The zero-order valence-electron chi connectivity index (χ0n) is 18.8. The van der Waals surface area contributed by atoms with Crippen molar-refractivity contribution in [2.75, 3.05) is 13.6 Å². The standard InChI is InChI=1S/C30H25NO2/c1-29(27(32)22-13-7-4-8-14-22)25(20-11-5-3-6-12-20)19-31(2)30(29)24-18-10-16-21-15-9-17-23(26(21)24)28(30)33/h3-18,25H,19H2,1-2H3/t25-,29-,30-/m1/s1. The number of likely N-dealkylation sites (N-methyl/N-ethyl adjacent to an activating group) is 1. The van der Waals surface area contributed by atoms with E-state index in [9.17, 15) is 9.59 Å². The fraction of sp³-hybridized carbons (Fsp3) is 0.200. The zero-order valence-corrected chi connectivity index (χ0v) is 18.8. The quantitative estimate of drug-likeness (QED) is 0.382. The van der Waals surface area contributed by atoms with Crippen LogP contribution in [0.25, 0.3) is 10.8 Å². The number of carbonyl (C=O) groups is 2. The van der Waals surface area contributed by atoms with E-state index in [-0.39, 0.29) is 17.5 Å². The Kier molecular flexibility index (Phi) is 4.24. The molecule has 1 saturated heterocycles. The number of Topliss-reactive ketones (excluding diaryl/α,β-unsaturated/α-hetero) is 2. The molecule has 4 aromatic rings. The third kappa shape index (κ3) is 2.38. The number of benzene rings is 4. The molecule has 1 fully saturated rings. The molecule has 3 atom stereocenters. The maximum atomic E-state index is 14.5. The van der Waals surface area contributed by atoms with Gasteiger partial charge in [-0.15, -0.1) is 0 Å². The molecule has 162 valence electrons. The first-order valence-corrected chi connectivity index (χ1v) is 11.4. The lowest BCUT2D eigenvalue weighted by Crippen LogP contribution is -2.56. The van der Waals surface area contributed by atoms with Crippen LogP contribution in [0.2, 0.25) is 0 Å². The number of likely N-dealkylation sites (tertiary alicyclic amines) is 1. The highest BCUT2D eigenvalue weighted by molar-refractivity contribution is 6.23. The van der Waals surface area contributed by atoms with Crippen LogP contribution in [0.5, 0.6) is 0 Å². The third-order valence-electron chi connectivity index (χ3n) is 8.05. The van der Waals surface area contributed by atoms with Crippen LogP contribution >= 0.6 is 0 Å². The van der Waals surface area contributed by atoms with E-state index in [4.69, 9.17) is 0 Å². The predicted molar refractivity (Wildman–Crippen MR) is 131 cm³/mol. The van der Waals surface area contributed by atoms with E-state index in [0.29, 0.717) is 12.1 Å². The van der Waals surface area contributed by atoms with Crippen LogP contribution in [0.1, 0.15) is 44.7 Å². The van der Waals surface area contributed by atoms with E-state index in [1.54, 1.807) is 0 Å². The van der Waals surface area contributed by atoms with Crippen molar-refractivity contribution in [3.8, 4) is 0 Å². The number of fused-ring (bicyclic) bond motifs is 1. The average Bonchev–Trinajstić information content (AvgIpc) is 3.27. The molecule has 1 heterocycles. The highest BCUT2D eigenvalue weighted by Gasteiger charge is 2.71. The minimum atomic E-state index is -1.07. The van der Waals surface area contributed by atoms with E-state index in [0.717, 1.165) is 27.5 Å². The van der Waals surface area contributed by atoms with Crippen molar-refractivity contribution in [1.29, 1.82) is 0 Å². The Labute approximate surface area is 193 Å². The van der Waals surface area contributed by atoms with Crippen molar-refractivity contribution in [1.82, 2.24) is 4.90 Å². The van der Waals surface area contributed by atoms with E-state index < -0.39 is 11.0 Å². The fourth-order valence-corrected chi connectivity index (χ4v) is 6.62. The van der Waals surface area contributed by atoms with Gasteiger partial charge >= 0.3 is 0 Å². The monoisotopic (exact) mass is 431 g/mol. The summed E-state index contributed by atoms with van der Waals surface area (Å²) < 4.78 is 0. The van der Waals surface area contributed by atoms with E-state index in [1.165, 1.54) is 0 Å². The lowest BCUT2D eigenvalue weighted by Gasteiger charge is -2.44. The molecule has 0 saturated carbocycles. The van der Waals surface area contributed by atoms with Crippen LogP contribution in [-0.4, -0.2) is 30.1 Å². The summed E-state index contributed by atoms with van der Waals surface area (Å²) in [7, 11) is 2.00. The van der Waals surface area contributed by atoms with Gasteiger partial charge in [0.15, 0.2) is 11.6 Å². The maximum absolute atomic E-state index is 14.5. The molecule has 3 heteroatoms. The van der Waals surface area contributed by atoms with E-state index >= 15 is 0 Å². The zero-order chi connectivity index (χ0) is 22.8. The summed E-state index contributed by atoms with van der Waals surface area (Å²) in [6.45, 7) is 2.64. The lowest BCUT2D eigenvalue weighted by atomic mass is 9.58. The van der Waals surface area contributed by atoms with Gasteiger partial charge in [0.2, 0.25) is 0 Å². The summed E-state index contributed by atoms with van der Waals surface area (Å²) in [4.78, 5) is 31.1. The van der Waals surface area contributed by atoms with E-state index in [1.807, 2.05) is 80.7 Å². The molecule has 1 spiro atoms. The highest BCUT2D eigenvalue weighted by atomic mass is 16.1. The molecule has 1 aliphatic carbocycles. The molecule has 6 rings (SSSR count). The van der Waals surface area contributed by atoms with Gasteiger partial charge in [0.1, 0.15) is 5.54 Å². The Morgan fingerprint density at radius 1 is 0.848 bits per heavy atom. The Bertz CT molecular complexity index is 1410. The largest absolute Gasteiger partial charge is 0.293 e. The molecule has 0 N–H and O–H groups in total. The summed E-state index contributed by atoms with van der Waals surface area (Å²) in [5.41, 5.74) is 1.35. The molecule has 0 radical (unpaired) electrons. The molecular formula is C30H25NO2. The van der Waals surface area contributed by atoms with Gasteiger partial charge in [-0.2, -0.15) is 0 Å². The van der Waals surface area contributed by atoms with Gasteiger partial charge in [0, 0.05) is 23.6 Å². The number of hydrogen-bond donors (Lipinski definition) is 0. The Morgan fingerprint density at radius 3 is 2.18 bits per heavy atom. The van der Waals surface area contributed by atoms with Crippen LogP contribution in [-0.2, 0) is 5.54 Å². The normalized spacial score (nSPS) is 26.4. The highest BCUT2D eigenvalue weighted by Crippen LogP contribution is 2.64. The summed E-state index contributed by atoms with van der Waals surface area (Å²) in [6.07, 6.45) is 0. The minimum Gasteiger partial charge on any atom is -0.293 e. The van der Waals surface area contributed by atoms with Gasteiger partial charge in [-0.25, -0.2) is 0 Å². The van der Waals surface area contributed by atoms with Gasteiger partial charge in [0.25, 0.3) is 0 Å². The molecule has 1 aliphatic heterocycles. The molecule has 0 bridgehead atoms. The van der Waals surface area contributed by atoms with Crippen LogP contribution < -0.4 is 0 Å². The minimum absolute atomic E-state index is 0.0134.